The summed E-state index contributed by atoms with van der Waals surface area (Å²) in [5.74, 6) is 0. The Bertz CT molecular complexity index is 2110. The molecule has 0 aliphatic rings. The van der Waals surface area contributed by atoms with Gasteiger partial charge in [0.2, 0.25) is 0 Å². The normalized spacial score (nSPS) is 12.2. The highest BCUT2D eigenvalue weighted by atomic mass is 32.1. The molecule has 0 aliphatic carbocycles. The van der Waals surface area contributed by atoms with Gasteiger partial charge in [0.25, 0.3) is 0 Å². The van der Waals surface area contributed by atoms with Crippen LogP contribution in [0, 0.1) is 6.92 Å². The Morgan fingerprint density at radius 1 is 0.471 bits per heavy atom. The zero-order valence-corrected chi connectivity index (χ0v) is 32.1. The van der Waals surface area contributed by atoms with Gasteiger partial charge in [0, 0.05) is 43.6 Å². The van der Waals surface area contributed by atoms with Gasteiger partial charge in [-0.05, 0) is 115 Å². The van der Waals surface area contributed by atoms with E-state index in [4.69, 9.17) is 0 Å². The van der Waals surface area contributed by atoms with Crippen LogP contribution in [0.15, 0.2) is 140 Å². The van der Waals surface area contributed by atoms with Crippen LogP contribution in [0.4, 0.5) is 34.1 Å². The molecule has 0 radical (unpaired) electrons. The number of para-hydroxylation sites is 2. The third-order valence-electron chi connectivity index (χ3n) is 9.20. The monoisotopic (exact) mass is 686 g/mol. The first-order chi connectivity index (χ1) is 24.4. The summed E-state index contributed by atoms with van der Waals surface area (Å²) in [4.78, 5) is 7.32. The highest BCUT2D eigenvalue weighted by Crippen LogP contribution is 2.45. The number of nitrogens with zero attached hydrogens (tertiary/aromatic N) is 2. The number of allylic oxidation sites excluding steroid dienone is 1. The van der Waals surface area contributed by atoms with Gasteiger partial charge >= 0.3 is 0 Å². The van der Waals surface area contributed by atoms with Crippen molar-refractivity contribution in [2.75, 3.05) is 9.80 Å². The standard InChI is InChI=1S/C48H50N2S/c1-9-16-36-33-46(50(41-19-14-11-15-20-41)43-29-25-39(26-30-43)48(6,7)8)37(22-32-44-31-21-35(2)51-44)34-45(36)49(40-17-12-10-13-18-40)42-27-23-38(24-28-42)47(3,4)5/h9-34H,1-8H3/b16-9+,32-22+. The van der Waals surface area contributed by atoms with Crippen LogP contribution in [-0.4, -0.2) is 0 Å². The number of benzene rings is 5. The molecule has 3 heteroatoms. The minimum Gasteiger partial charge on any atom is -0.310 e. The molecule has 51 heavy (non-hydrogen) atoms. The van der Waals surface area contributed by atoms with E-state index in [1.807, 2.05) is 11.3 Å². The van der Waals surface area contributed by atoms with Crippen molar-refractivity contribution in [1.82, 2.24) is 0 Å². The Labute approximate surface area is 310 Å². The maximum Gasteiger partial charge on any atom is 0.0541 e. The molecule has 1 heterocycles. The Morgan fingerprint density at radius 3 is 1.25 bits per heavy atom. The SMILES string of the molecule is C/C=C/c1cc(N(c2ccccc2)c2ccc(C(C)(C)C)cc2)c(/C=C/c2ccc(C)s2)cc1N(c1ccccc1)c1ccc(C(C)(C)C)cc1. The average Bonchev–Trinajstić information content (AvgIpc) is 3.54. The van der Waals surface area contributed by atoms with Gasteiger partial charge in [0.15, 0.2) is 0 Å². The number of anilines is 6. The number of rotatable bonds is 9. The summed E-state index contributed by atoms with van der Waals surface area (Å²) in [6.45, 7) is 17.9. The summed E-state index contributed by atoms with van der Waals surface area (Å²) in [6, 6.07) is 48.7. The Balaban J connectivity index is 1.63. The van der Waals surface area contributed by atoms with Crippen LogP contribution >= 0.6 is 11.3 Å². The van der Waals surface area contributed by atoms with E-state index < -0.39 is 0 Å². The maximum atomic E-state index is 2.40. The fourth-order valence-electron chi connectivity index (χ4n) is 6.39. The summed E-state index contributed by atoms with van der Waals surface area (Å²) in [6.07, 6.45) is 8.92. The third kappa shape index (κ3) is 8.27. The first-order valence-electron chi connectivity index (χ1n) is 17.9. The predicted octanol–water partition coefficient (Wildman–Crippen LogP) is 14.8. The molecule has 0 bridgehead atoms. The topological polar surface area (TPSA) is 6.48 Å². The lowest BCUT2D eigenvalue weighted by Gasteiger charge is -2.32. The number of aryl methyl sites for hydroxylation is 1. The Morgan fingerprint density at radius 2 is 0.882 bits per heavy atom. The van der Waals surface area contributed by atoms with E-state index in [2.05, 4.69) is 223 Å². The van der Waals surface area contributed by atoms with Crippen LogP contribution in [-0.2, 0) is 10.8 Å². The molecule has 0 unspecified atom stereocenters. The van der Waals surface area contributed by atoms with Gasteiger partial charge in [-0.25, -0.2) is 0 Å². The second-order valence-electron chi connectivity index (χ2n) is 15.2. The minimum absolute atomic E-state index is 0.0650. The number of hydrogen-bond donors (Lipinski definition) is 0. The summed E-state index contributed by atoms with van der Waals surface area (Å²) >= 11 is 1.81. The smallest absolute Gasteiger partial charge is 0.0541 e. The zero-order chi connectivity index (χ0) is 36.2. The van der Waals surface area contributed by atoms with Crippen LogP contribution in [0.25, 0.3) is 18.2 Å². The van der Waals surface area contributed by atoms with E-state index in [9.17, 15) is 0 Å². The van der Waals surface area contributed by atoms with E-state index in [0.29, 0.717) is 0 Å². The molecule has 258 valence electrons. The summed E-state index contributed by atoms with van der Waals surface area (Å²) in [5.41, 5.74) is 11.7. The molecule has 6 rings (SSSR count). The first-order valence-corrected chi connectivity index (χ1v) is 18.7. The molecule has 0 saturated heterocycles. The third-order valence-corrected chi connectivity index (χ3v) is 10.2. The number of hydrogen-bond acceptors (Lipinski definition) is 3. The molecule has 1 aromatic heterocycles. The molecule has 0 aliphatic heterocycles. The van der Waals surface area contributed by atoms with Gasteiger partial charge in [-0.2, -0.15) is 0 Å². The van der Waals surface area contributed by atoms with Gasteiger partial charge in [0.1, 0.15) is 0 Å². The molecule has 5 aromatic carbocycles. The van der Waals surface area contributed by atoms with Crippen molar-refractivity contribution in [2.45, 2.75) is 66.2 Å². The molecular formula is C48H50N2S. The second kappa shape index (κ2) is 15.0. The van der Waals surface area contributed by atoms with E-state index in [1.54, 1.807) is 0 Å². The van der Waals surface area contributed by atoms with E-state index >= 15 is 0 Å². The molecular weight excluding hydrogens is 637 g/mol. The Kier molecular flexibility index (Phi) is 10.5. The fraction of sp³-hybridized carbons (Fsp3) is 0.208. The largest absolute Gasteiger partial charge is 0.310 e. The molecule has 0 N–H and O–H groups in total. The van der Waals surface area contributed by atoms with E-state index in [-0.39, 0.29) is 10.8 Å². The van der Waals surface area contributed by atoms with Gasteiger partial charge in [-0.15, -0.1) is 11.3 Å². The molecule has 0 atom stereocenters. The molecule has 0 amide bonds. The van der Waals surface area contributed by atoms with E-state index in [1.165, 1.54) is 20.9 Å². The quantitative estimate of drug-likeness (QED) is 0.149. The highest BCUT2D eigenvalue weighted by Gasteiger charge is 2.23. The lowest BCUT2D eigenvalue weighted by Crippen LogP contribution is -2.16. The fourth-order valence-corrected chi connectivity index (χ4v) is 7.17. The van der Waals surface area contributed by atoms with Crippen molar-refractivity contribution in [1.29, 1.82) is 0 Å². The number of thiophene rings is 1. The second-order valence-corrected chi connectivity index (χ2v) is 16.5. The molecule has 6 aromatic rings. The van der Waals surface area contributed by atoms with Crippen molar-refractivity contribution >= 4 is 63.7 Å². The van der Waals surface area contributed by atoms with Crippen LogP contribution in [0.3, 0.4) is 0 Å². The van der Waals surface area contributed by atoms with Crippen molar-refractivity contribution in [2.24, 2.45) is 0 Å². The predicted molar refractivity (Wildman–Crippen MR) is 226 cm³/mol. The van der Waals surface area contributed by atoms with Gasteiger partial charge in [-0.3, -0.25) is 0 Å². The van der Waals surface area contributed by atoms with Gasteiger partial charge < -0.3 is 9.80 Å². The maximum absolute atomic E-state index is 2.40. The lowest BCUT2D eigenvalue weighted by molar-refractivity contribution is 0.590. The highest BCUT2D eigenvalue weighted by molar-refractivity contribution is 7.12. The van der Waals surface area contributed by atoms with Gasteiger partial charge in [0.05, 0.1) is 11.4 Å². The van der Waals surface area contributed by atoms with Crippen LogP contribution in [0.2, 0.25) is 0 Å². The Hall–Kier alpha value is -5.12. The van der Waals surface area contributed by atoms with Crippen molar-refractivity contribution in [3.05, 3.63) is 172 Å². The lowest BCUT2D eigenvalue weighted by atomic mass is 9.87. The summed E-state index contributed by atoms with van der Waals surface area (Å²) < 4.78 is 0. The van der Waals surface area contributed by atoms with E-state index in [0.717, 1.165) is 45.3 Å². The zero-order valence-electron chi connectivity index (χ0n) is 31.3. The molecule has 0 saturated carbocycles. The molecule has 0 spiro atoms. The van der Waals surface area contributed by atoms with Crippen molar-refractivity contribution in [3.63, 3.8) is 0 Å². The molecule has 2 nitrogen and oxygen atoms in total. The van der Waals surface area contributed by atoms with Crippen LogP contribution < -0.4 is 9.80 Å². The molecule has 0 fully saturated rings. The van der Waals surface area contributed by atoms with Crippen LogP contribution in [0.5, 0.6) is 0 Å². The summed E-state index contributed by atoms with van der Waals surface area (Å²) in [5, 5.41) is 0. The van der Waals surface area contributed by atoms with Crippen LogP contribution in [0.1, 0.15) is 80.5 Å². The first kappa shape index (κ1) is 35.7. The summed E-state index contributed by atoms with van der Waals surface area (Å²) in [7, 11) is 0. The van der Waals surface area contributed by atoms with Crippen molar-refractivity contribution < 1.29 is 0 Å². The minimum atomic E-state index is 0.0650. The average molecular weight is 687 g/mol. The van der Waals surface area contributed by atoms with Crippen molar-refractivity contribution in [3.8, 4) is 0 Å². The van der Waals surface area contributed by atoms with Gasteiger partial charge in [-0.1, -0.05) is 120 Å².